The van der Waals surface area contributed by atoms with Crippen LogP contribution in [0.2, 0.25) is 0 Å². The molecule has 0 bridgehead atoms. The highest BCUT2D eigenvalue weighted by Gasteiger charge is 2.48. The number of Topliss-reactive ketones (excluding diaryl/α,β-unsaturated/α-hetero) is 1. The molecule has 156 valence electrons. The van der Waals surface area contributed by atoms with Crippen molar-refractivity contribution in [3.05, 3.63) is 76.6 Å². The fourth-order valence-corrected chi connectivity index (χ4v) is 4.37. The molecule has 2 aliphatic heterocycles. The Morgan fingerprint density at radius 3 is 2.65 bits per heavy atom. The predicted octanol–water partition coefficient (Wildman–Crippen LogP) is 3.68. The zero-order valence-electron chi connectivity index (χ0n) is 15.9. The van der Waals surface area contributed by atoms with Gasteiger partial charge in [0.05, 0.1) is 5.57 Å². The van der Waals surface area contributed by atoms with E-state index in [4.69, 9.17) is 9.47 Å². The number of aromatic nitrogens is 1. The second kappa shape index (κ2) is 7.51. The molecule has 2 aromatic carbocycles. The van der Waals surface area contributed by atoms with E-state index in [1.165, 1.54) is 30.5 Å². The minimum atomic E-state index is -1.17. The third kappa shape index (κ3) is 3.14. The summed E-state index contributed by atoms with van der Waals surface area (Å²) < 4.78 is 25.8. The minimum absolute atomic E-state index is 0.0796. The molecule has 9 heteroatoms. The van der Waals surface area contributed by atoms with E-state index in [0.29, 0.717) is 24.7 Å². The van der Waals surface area contributed by atoms with Crippen molar-refractivity contribution in [1.82, 2.24) is 4.98 Å². The summed E-state index contributed by atoms with van der Waals surface area (Å²) in [7, 11) is 0. The first kappa shape index (κ1) is 19.3. The number of benzene rings is 2. The molecule has 1 aromatic heterocycles. The minimum Gasteiger partial charge on any atom is -0.507 e. The summed E-state index contributed by atoms with van der Waals surface area (Å²) in [6.07, 6.45) is 1.48. The molecule has 3 heterocycles. The molecule has 7 nitrogen and oxygen atoms in total. The van der Waals surface area contributed by atoms with Gasteiger partial charge in [-0.2, -0.15) is 0 Å². The van der Waals surface area contributed by atoms with Gasteiger partial charge in [-0.05, 0) is 24.3 Å². The topological polar surface area (TPSA) is 89.0 Å². The van der Waals surface area contributed by atoms with Crippen LogP contribution in [-0.4, -0.2) is 35.0 Å². The average molecular weight is 438 g/mol. The number of ketones is 1. The van der Waals surface area contributed by atoms with E-state index in [1.807, 2.05) is 0 Å². The largest absolute Gasteiger partial charge is 0.507 e. The van der Waals surface area contributed by atoms with Crippen molar-refractivity contribution >= 4 is 33.9 Å². The van der Waals surface area contributed by atoms with E-state index in [-0.39, 0.29) is 21.8 Å². The van der Waals surface area contributed by atoms with Gasteiger partial charge in [0.2, 0.25) is 0 Å². The molecule has 1 saturated heterocycles. The predicted molar refractivity (Wildman–Crippen MR) is 111 cm³/mol. The van der Waals surface area contributed by atoms with Crippen molar-refractivity contribution in [1.29, 1.82) is 0 Å². The first-order chi connectivity index (χ1) is 15.1. The maximum atomic E-state index is 14.8. The number of ether oxygens (including phenoxy) is 2. The third-order valence-electron chi connectivity index (χ3n) is 5.09. The van der Waals surface area contributed by atoms with E-state index in [1.54, 1.807) is 23.6 Å². The second-order valence-electron chi connectivity index (χ2n) is 6.86. The Labute approximate surface area is 180 Å². The Balaban J connectivity index is 1.71. The summed E-state index contributed by atoms with van der Waals surface area (Å²) in [6, 6.07) is 9.35. The number of carbonyl (C=O) groups excluding carboxylic acids is 2. The van der Waals surface area contributed by atoms with E-state index in [9.17, 15) is 19.1 Å². The van der Waals surface area contributed by atoms with Crippen molar-refractivity contribution in [3.8, 4) is 11.5 Å². The summed E-state index contributed by atoms with van der Waals surface area (Å²) >= 11 is 1.14. The molecule has 0 aliphatic carbocycles. The van der Waals surface area contributed by atoms with E-state index >= 15 is 0 Å². The molecule has 1 amide bonds. The van der Waals surface area contributed by atoms with Crippen LogP contribution in [0.15, 0.2) is 59.6 Å². The van der Waals surface area contributed by atoms with Crippen molar-refractivity contribution < 1.29 is 28.6 Å². The summed E-state index contributed by atoms with van der Waals surface area (Å²) in [6.45, 7) is 0.755. The second-order valence-corrected chi connectivity index (χ2v) is 7.74. The number of thiazole rings is 1. The van der Waals surface area contributed by atoms with Gasteiger partial charge in [0, 0.05) is 22.7 Å². The van der Waals surface area contributed by atoms with E-state index in [0.717, 1.165) is 16.2 Å². The van der Waals surface area contributed by atoms with E-state index in [2.05, 4.69) is 4.98 Å². The van der Waals surface area contributed by atoms with Gasteiger partial charge >= 0.3 is 5.91 Å². The van der Waals surface area contributed by atoms with Crippen LogP contribution in [-0.2, 0) is 9.59 Å². The molecule has 0 saturated carbocycles. The standard InChI is InChI=1S/C22H15FN2O5S/c23-14-4-2-1-3-13(14)18-17(20(27)21(28)25(18)22-24-7-10-31-22)19(26)12-5-6-15-16(11-12)30-9-8-29-15/h1-7,10-11,18,26H,8-9H2/t18-/m1/s1. The number of hydrogen-bond acceptors (Lipinski definition) is 7. The number of carbonyl (C=O) groups is 2. The Bertz CT molecular complexity index is 1220. The number of aliphatic hydroxyl groups is 1. The monoisotopic (exact) mass is 438 g/mol. The van der Waals surface area contributed by atoms with Gasteiger partial charge in [0.1, 0.15) is 30.8 Å². The van der Waals surface area contributed by atoms with Crippen LogP contribution in [0.4, 0.5) is 9.52 Å². The highest BCUT2D eigenvalue weighted by Crippen LogP contribution is 2.44. The summed E-state index contributed by atoms with van der Waals surface area (Å²) in [4.78, 5) is 31.1. The molecule has 1 fully saturated rings. The number of fused-ring (bicyclic) bond motifs is 1. The molecular formula is C22H15FN2O5S. The molecule has 0 radical (unpaired) electrons. The van der Waals surface area contributed by atoms with Gasteiger partial charge in [0.15, 0.2) is 16.6 Å². The molecule has 0 spiro atoms. The fraction of sp³-hybridized carbons (Fsp3) is 0.136. The van der Waals surface area contributed by atoms with Crippen molar-refractivity contribution in [2.24, 2.45) is 0 Å². The lowest BCUT2D eigenvalue weighted by molar-refractivity contribution is -0.132. The quantitative estimate of drug-likeness (QED) is 0.381. The maximum absolute atomic E-state index is 14.8. The van der Waals surface area contributed by atoms with Gasteiger partial charge in [-0.1, -0.05) is 18.2 Å². The summed E-state index contributed by atoms with van der Waals surface area (Å²) in [5, 5.41) is 13.0. The third-order valence-corrected chi connectivity index (χ3v) is 5.86. The van der Waals surface area contributed by atoms with Gasteiger partial charge < -0.3 is 14.6 Å². The summed E-state index contributed by atoms with van der Waals surface area (Å²) in [5.74, 6) is -1.92. The van der Waals surface area contributed by atoms with Crippen LogP contribution < -0.4 is 14.4 Å². The fourth-order valence-electron chi connectivity index (χ4n) is 3.70. The van der Waals surface area contributed by atoms with E-state index < -0.39 is 29.3 Å². The molecule has 1 N–H and O–H groups in total. The number of halogens is 1. The van der Waals surface area contributed by atoms with Crippen LogP contribution in [0, 0.1) is 5.82 Å². The number of nitrogens with zero attached hydrogens (tertiary/aromatic N) is 2. The highest BCUT2D eigenvalue weighted by molar-refractivity contribution is 7.14. The summed E-state index contributed by atoms with van der Waals surface area (Å²) in [5.41, 5.74) is 0.112. The van der Waals surface area contributed by atoms with Crippen LogP contribution >= 0.6 is 11.3 Å². The molecule has 2 aliphatic rings. The molecule has 0 unspecified atom stereocenters. The lowest BCUT2D eigenvalue weighted by atomic mass is 9.95. The van der Waals surface area contributed by atoms with Crippen molar-refractivity contribution in [2.75, 3.05) is 18.1 Å². The highest BCUT2D eigenvalue weighted by atomic mass is 32.1. The first-order valence-electron chi connectivity index (χ1n) is 9.41. The van der Waals surface area contributed by atoms with Gasteiger partial charge in [-0.25, -0.2) is 9.37 Å². The Hall–Kier alpha value is -3.72. The molecule has 1 atom stereocenters. The van der Waals surface area contributed by atoms with Crippen LogP contribution in [0.5, 0.6) is 11.5 Å². The normalized spacial score (nSPS) is 19.6. The maximum Gasteiger partial charge on any atom is 0.301 e. The zero-order valence-corrected chi connectivity index (χ0v) is 16.8. The molecule has 31 heavy (non-hydrogen) atoms. The van der Waals surface area contributed by atoms with Crippen LogP contribution in [0.1, 0.15) is 17.2 Å². The van der Waals surface area contributed by atoms with Crippen molar-refractivity contribution in [3.63, 3.8) is 0 Å². The van der Waals surface area contributed by atoms with Crippen LogP contribution in [0.25, 0.3) is 5.76 Å². The number of aliphatic hydroxyl groups excluding tert-OH is 1. The Kier molecular flexibility index (Phi) is 4.67. The Morgan fingerprint density at radius 2 is 1.90 bits per heavy atom. The van der Waals surface area contributed by atoms with Gasteiger partial charge in [-0.3, -0.25) is 14.5 Å². The average Bonchev–Trinajstić information content (AvgIpc) is 3.40. The van der Waals surface area contributed by atoms with Gasteiger partial charge in [-0.15, -0.1) is 11.3 Å². The lowest BCUT2D eigenvalue weighted by Gasteiger charge is -2.23. The smallest absolute Gasteiger partial charge is 0.301 e. The number of anilines is 1. The van der Waals surface area contributed by atoms with Crippen molar-refractivity contribution in [2.45, 2.75) is 6.04 Å². The first-order valence-corrected chi connectivity index (χ1v) is 10.3. The Morgan fingerprint density at radius 1 is 1.13 bits per heavy atom. The number of amides is 1. The molecule has 5 rings (SSSR count). The molecular weight excluding hydrogens is 423 g/mol. The SMILES string of the molecule is O=C1C(=O)N(c2nccs2)[C@H](c2ccccc2F)C1=C(O)c1ccc2c(c1)OCCO2. The van der Waals surface area contributed by atoms with Crippen LogP contribution in [0.3, 0.4) is 0 Å². The van der Waals surface area contributed by atoms with Gasteiger partial charge in [0.25, 0.3) is 5.78 Å². The number of rotatable bonds is 3. The number of hydrogen-bond donors (Lipinski definition) is 1. The zero-order chi connectivity index (χ0) is 21.5. The molecule has 3 aromatic rings. The lowest BCUT2D eigenvalue weighted by Crippen LogP contribution is -2.29.